The summed E-state index contributed by atoms with van der Waals surface area (Å²) in [5.41, 5.74) is 0.801. The van der Waals surface area contributed by atoms with Crippen molar-refractivity contribution in [1.29, 1.82) is 0 Å². The number of alkyl halides is 4. The van der Waals surface area contributed by atoms with Gasteiger partial charge in [0, 0.05) is 43.3 Å². The first-order valence-corrected chi connectivity index (χ1v) is 15.8. The maximum absolute atomic E-state index is 13.7. The molecule has 3 saturated carbocycles. The van der Waals surface area contributed by atoms with E-state index in [-0.39, 0.29) is 18.8 Å². The zero-order valence-electron chi connectivity index (χ0n) is 23.6. The quantitative estimate of drug-likeness (QED) is 0.232. The number of carboxylic acids is 1. The number of nitrogens with zero attached hydrogens (tertiary/aromatic N) is 2. The van der Waals surface area contributed by atoms with Gasteiger partial charge in [-0.05, 0) is 86.5 Å². The van der Waals surface area contributed by atoms with Crippen LogP contribution in [0.2, 0.25) is 0 Å². The topological polar surface area (TPSA) is 53.0 Å². The number of anilines is 2. The van der Waals surface area contributed by atoms with Crippen LogP contribution in [0.25, 0.3) is 0 Å². The van der Waals surface area contributed by atoms with Crippen LogP contribution in [0.15, 0.2) is 46.2 Å². The highest BCUT2D eigenvalue weighted by molar-refractivity contribution is 8.00. The van der Waals surface area contributed by atoms with Crippen LogP contribution in [-0.2, 0) is 4.79 Å². The number of carboxylic acid groups (broad SMARTS) is 1. The van der Waals surface area contributed by atoms with Crippen molar-refractivity contribution >= 4 is 41.1 Å². The lowest BCUT2D eigenvalue weighted by Crippen LogP contribution is -2.54. The summed E-state index contributed by atoms with van der Waals surface area (Å²) in [6.07, 6.45) is 1.32. The van der Waals surface area contributed by atoms with Crippen LogP contribution < -0.4 is 9.64 Å². The highest BCUT2D eigenvalue weighted by Gasteiger charge is 2.62. The van der Waals surface area contributed by atoms with Crippen LogP contribution in [0.1, 0.15) is 51.9 Å². The van der Waals surface area contributed by atoms with Crippen LogP contribution in [-0.4, -0.2) is 59.7 Å². The number of halogens is 5. The van der Waals surface area contributed by atoms with Crippen molar-refractivity contribution in [2.45, 2.75) is 79.3 Å². The number of hydrogen-bond donors (Lipinski definition) is 1. The molecule has 230 valence electrons. The molecule has 3 fully saturated rings. The third kappa shape index (κ3) is 6.96. The molecule has 0 bridgehead atoms. The van der Waals surface area contributed by atoms with Crippen molar-refractivity contribution < 1.29 is 36.6 Å². The summed E-state index contributed by atoms with van der Waals surface area (Å²) in [6.45, 7) is 2.62. The molecule has 3 aliphatic carbocycles. The molecular weight excluding hydrogens is 595 g/mol. The molecule has 0 amide bonds. The molecule has 1 N–H and O–H groups in total. The molecule has 2 aromatic rings. The molecule has 0 saturated heterocycles. The van der Waals surface area contributed by atoms with Gasteiger partial charge in [-0.2, -0.15) is 0 Å². The Morgan fingerprint density at radius 3 is 2.33 bits per heavy atom. The smallest absolute Gasteiger partial charge is 0.313 e. The molecule has 12 heteroatoms. The van der Waals surface area contributed by atoms with Gasteiger partial charge in [0.1, 0.15) is 23.6 Å². The molecule has 2 aromatic carbocycles. The van der Waals surface area contributed by atoms with Crippen molar-refractivity contribution in [3.05, 3.63) is 42.2 Å². The number of benzene rings is 2. The number of thioether (sulfide) groups is 1. The number of hydrogen-bond acceptors (Lipinski definition) is 6. The first-order valence-electron chi connectivity index (χ1n) is 14.1. The summed E-state index contributed by atoms with van der Waals surface area (Å²) in [4.78, 5) is 15.9. The number of ether oxygens (including phenoxy) is 1. The summed E-state index contributed by atoms with van der Waals surface area (Å²) in [5.74, 6) is -3.96. The van der Waals surface area contributed by atoms with Gasteiger partial charge in [-0.15, -0.1) is 11.8 Å². The Balaban J connectivity index is 0.000000652. The van der Waals surface area contributed by atoms with E-state index < -0.39 is 36.6 Å². The number of rotatable bonds is 8. The summed E-state index contributed by atoms with van der Waals surface area (Å²) < 4.78 is 70.7. The Hall–Kier alpha value is -2.18. The third-order valence-electron chi connectivity index (χ3n) is 8.38. The van der Waals surface area contributed by atoms with Crippen LogP contribution in [0.3, 0.4) is 0 Å². The van der Waals surface area contributed by atoms with Crippen molar-refractivity contribution in [2.75, 3.05) is 31.6 Å². The van der Waals surface area contributed by atoms with Crippen LogP contribution in [0.5, 0.6) is 5.75 Å². The van der Waals surface area contributed by atoms with E-state index in [1.54, 1.807) is 35.8 Å². The van der Waals surface area contributed by atoms with Gasteiger partial charge in [0.25, 0.3) is 5.92 Å². The van der Waals surface area contributed by atoms with E-state index in [0.717, 1.165) is 40.6 Å². The maximum Gasteiger partial charge on any atom is 0.313 e. The minimum atomic E-state index is -2.97. The zero-order chi connectivity index (χ0) is 30.3. The molecule has 6 rings (SSSR count). The lowest BCUT2D eigenvalue weighted by atomic mass is 9.66. The highest BCUT2D eigenvalue weighted by Crippen LogP contribution is 2.65. The number of likely N-dealkylation sites (N-methyl/N-ethyl adjacent to an activating group) is 1. The molecule has 42 heavy (non-hydrogen) atoms. The van der Waals surface area contributed by atoms with Crippen molar-refractivity contribution in [1.82, 2.24) is 4.31 Å². The van der Waals surface area contributed by atoms with Crippen molar-refractivity contribution in [2.24, 2.45) is 10.8 Å². The molecule has 0 radical (unpaired) electrons. The third-order valence-corrected chi connectivity index (χ3v) is 10.6. The average Bonchev–Trinajstić information content (AvgIpc) is 3.71. The van der Waals surface area contributed by atoms with E-state index >= 15 is 0 Å². The van der Waals surface area contributed by atoms with Crippen LogP contribution in [0.4, 0.5) is 33.3 Å². The monoisotopic (exact) mass is 630 g/mol. The minimum absolute atomic E-state index is 0.0278. The zero-order valence-corrected chi connectivity index (χ0v) is 25.2. The van der Waals surface area contributed by atoms with Crippen LogP contribution >= 0.6 is 23.7 Å². The van der Waals surface area contributed by atoms with Gasteiger partial charge in [-0.3, -0.25) is 4.79 Å². The normalized spacial score (nSPS) is 21.9. The standard InChI is InChI=1S/C27H29F3N2O3S2.C3H6F2/c1-31-8-9-32(18-4-2-17(28)3-5-18)20-10-23(36-19-12-25(13-19)6-7-25)21(11-22(20)37-31)35-16-26(24(33)34)14-27(29,30)15-26;1-2-3(4)5/h2-5,10-11,19H,6-9,12-16H2,1H3,(H,33,34);3H,2H2,1H3. The van der Waals surface area contributed by atoms with Crippen LogP contribution in [0, 0.1) is 16.6 Å². The Labute approximate surface area is 251 Å². The Bertz CT molecular complexity index is 1280. The van der Waals surface area contributed by atoms with E-state index in [2.05, 4.69) is 15.3 Å². The van der Waals surface area contributed by atoms with E-state index in [0.29, 0.717) is 23.0 Å². The summed E-state index contributed by atoms with van der Waals surface area (Å²) in [5, 5.41) is 10.2. The van der Waals surface area contributed by atoms with Gasteiger partial charge >= 0.3 is 5.97 Å². The van der Waals surface area contributed by atoms with E-state index in [9.17, 15) is 31.9 Å². The Kier molecular flexibility index (Phi) is 8.98. The fourth-order valence-corrected chi connectivity index (χ4v) is 8.28. The first kappa shape index (κ1) is 31.3. The van der Waals surface area contributed by atoms with Gasteiger partial charge in [-0.25, -0.2) is 26.3 Å². The number of aliphatic carboxylic acids is 1. The second-order valence-electron chi connectivity index (χ2n) is 11.9. The molecular formula is C30H35F5N2O3S2. The second-order valence-corrected chi connectivity index (χ2v) is 14.5. The molecule has 1 aliphatic heterocycles. The lowest BCUT2D eigenvalue weighted by Gasteiger charge is -2.43. The molecule has 1 heterocycles. The van der Waals surface area contributed by atoms with Gasteiger partial charge in [0.05, 0.1) is 15.5 Å². The van der Waals surface area contributed by atoms with Crippen molar-refractivity contribution in [3.8, 4) is 5.75 Å². The SMILES string of the molecule is CCC(F)F.CN1CCN(c2ccc(F)cc2)c2cc(SC3CC4(CC4)C3)c(OCC3(C(=O)O)CC(F)(F)C3)cc2S1. The van der Waals surface area contributed by atoms with Gasteiger partial charge < -0.3 is 14.7 Å². The molecule has 0 atom stereocenters. The largest absolute Gasteiger partial charge is 0.491 e. The van der Waals surface area contributed by atoms with Gasteiger partial charge in [0.15, 0.2) is 0 Å². The van der Waals surface area contributed by atoms with E-state index in [1.165, 1.54) is 31.9 Å². The fraction of sp³-hybridized carbons (Fsp3) is 0.567. The minimum Gasteiger partial charge on any atom is -0.491 e. The Morgan fingerprint density at radius 1 is 1.14 bits per heavy atom. The average molecular weight is 631 g/mol. The van der Waals surface area contributed by atoms with Gasteiger partial charge in [-0.1, -0.05) is 6.92 Å². The fourth-order valence-electron chi connectivity index (χ4n) is 5.71. The molecule has 4 aliphatic rings. The maximum atomic E-state index is 13.7. The predicted molar refractivity (Wildman–Crippen MR) is 155 cm³/mol. The molecule has 5 nitrogen and oxygen atoms in total. The summed E-state index contributed by atoms with van der Waals surface area (Å²) >= 11 is 3.29. The first-order chi connectivity index (χ1) is 19.8. The Morgan fingerprint density at radius 2 is 1.79 bits per heavy atom. The molecule has 0 unspecified atom stereocenters. The number of carbonyl (C=O) groups is 1. The predicted octanol–water partition coefficient (Wildman–Crippen LogP) is 8.49. The van der Waals surface area contributed by atoms with Gasteiger partial charge in [0.2, 0.25) is 6.43 Å². The van der Waals surface area contributed by atoms with E-state index in [1.807, 2.05) is 13.1 Å². The van der Waals surface area contributed by atoms with Crippen molar-refractivity contribution in [3.63, 3.8) is 0 Å². The highest BCUT2D eigenvalue weighted by atomic mass is 32.2. The lowest BCUT2D eigenvalue weighted by molar-refractivity contribution is -0.199. The molecule has 1 spiro atoms. The second kappa shape index (κ2) is 12.1. The van der Waals surface area contributed by atoms with E-state index in [4.69, 9.17) is 4.74 Å². The number of fused-ring (bicyclic) bond motifs is 1. The summed E-state index contributed by atoms with van der Waals surface area (Å²) in [6, 6.07) is 10.4. The summed E-state index contributed by atoms with van der Waals surface area (Å²) in [7, 11) is 1.99. The molecule has 0 aromatic heterocycles.